The van der Waals surface area contributed by atoms with Crippen molar-refractivity contribution in [3.63, 3.8) is 0 Å². The molecule has 0 aromatic heterocycles. The first-order valence-corrected chi connectivity index (χ1v) is 6.95. The molecule has 0 bridgehead atoms. The minimum Gasteiger partial charge on any atom is -0.392 e. The summed E-state index contributed by atoms with van der Waals surface area (Å²) < 4.78 is 1.03. The number of hydrogen-bond acceptors (Lipinski definition) is 2. The highest BCUT2D eigenvalue weighted by Gasteiger charge is 2.27. The summed E-state index contributed by atoms with van der Waals surface area (Å²) in [6, 6.07) is 6.17. The maximum absolute atomic E-state index is 9.46. The summed E-state index contributed by atoms with van der Waals surface area (Å²) in [7, 11) is 0. The van der Waals surface area contributed by atoms with Gasteiger partial charge in [-0.1, -0.05) is 29.8 Å². The van der Waals surface area contributed by atoms with Crippen molar-refractivity contribution in [1.82, 2.24) is 0 Å². The number of hydrogen-bond donors (Lipinski definition) is 1. The minimum absolute atomic E-state index is 0.103. The summed E-state index contributed by atoms with van der Waals surface area (Å²) in [5.74, 6) is 0. The van der Waals surface area contributed by atoms with Gasteiger partial charge >= 0.3 is 0 Å². The van der Waals surface area contributed by atoms with Crippen molar-refractivity contribution in [2.45, 2.75) is 33.3 Å². The zero-order chi connectivity index (χ0) is 12.5. The Kier molecular flexibility index (Phi) is 3.79. The molecule has 1 aromatic rings. The second-order valence-corrected chi connectivity index (χ2v) is 6.54. The molecule has 1 saturated heterocycles. The van der Waals surface area contributed by atoms with E-state index in [0.717, 1.165) is 23.1 Å². The number of anilines is 1. The minimum atomic E-state index is 0.103. The van der Waals surface area contributed by atoms with Crippen LogP contribution in [0.25, 0.3) is 0 Å². The molecular weight excluding hydrogens is 278 g/mol. The topological polar surface area (TPSA) is 23.5 Å². The second-order valence-electron chi connectivity index (χ2n) is 5.62. The van der Waals surface area contributed by atoms with E-state index in [-0.39, 0.29) is 6.61 Å². The molecule has 0 amide bonds. The van der Waals surface area contributed by atoms with E-state index in [0.29, 0.717) is 5.41 Å². The van der Waals surface area contributed by atoms with Crippen LogP contribution in [0.5, 0.6) is 0 Å². The van der Waals surface area contributed by atoms with Gasteiger partial charge in [0, 0.05) is 28.8 Å². The SMILES string of the molecule is CC1(C)CCCN(c2ccc(Br)cc2CO)C1. The average molecular weight is 298 g/mol. The molecule has 0 saturated carbocycles. The molecule has 1 N–H and O–H groups in total. The normalized spacial score (nSPS) is 19.4. The largest absolute Gasteiger partial charge is 0.392 e. The second kappa shape index (κ2) is 4.99. The lowest BCUT2D eigenvalue weighted by Crippen LogP contribution is -2.40. The van der Waals surface area contributed by atoms with Gasteiger partial charge in [-0.2, -0.15) is 0 Å². The number of nitrogens with zero attached hydrogens (tertiary/aromatic N) is 1. The van der Waals surface area contributed by atoms with Gasteiger partial charge in [0.25, 0.3) is 0 Å². The Hall–Kier alpha value is -0.540. The third-order valence-corrected chi connectivity index (χ3v) is 3.95. The standard InChI is InChI=1S/C14H20BrNO/c1-14(2)6-3-7-16(10-14)13-5-4-12(15)8-11(13)9-17/h4-5,8,17H,3,6-7,9-10H2,1-2H3. The summed E-state index contributed by atoms with van der Waals surface area (Å²) in [6.07, 6.45) is 2.52. The summed E-state index contributed by atoms with van der Waals surface area (Å²) in [4.78, 5) is 2.40. The molecule has 94 valence electrons. The fourth-order valence-electron chi connectivity index (χ4n) is 2.62. The van der Waals surface area contributed by atoms with Crippen molar-refractivity contribution in [2.24, 2.45) is 5.41 Å². The zero-order valence-corrected chi connectivity index (χ0v) is 12.1. The summed E-state index contributed by atoms with van der Waals surface area (Å²) >= 11 is 3.45. The molecule has 1 aliphatic rings. The molecule has 0 aliphatic carbocycles. The van der Waals surface area contributed by atoms with Crippen LogP contribution in [-0.4, -0.2) is 18.2 Å². The van der Waals surface area contributed by atoms with Crippen molar-refractivity contribution in [3.8, 4) is 0 Å². The third-order valence-electron chi connectivity index (χ3n) is 3.45. The molecular formula is C14H20BrNO. The van der Waals surface area contributed by atoms with Gasteiger partial charge in [0.2, 0.25) is 0 Å². The fourth-order valence-corrected chi connectivity index (χ4v) is 3.03. The number of aliphatic hydroxyl groups excluding tert-OH is 1. The van der Waals surface area contributed by atoms with Gasteiger partial charge in [0.05, 0.1) is 6.61 Å². The van der Waals surface area contributed by atoms with Crippen molar-refractivity contribution >= 4 is 21.6 Å². The van der Waals surface area contributed by atoms with E-state index >= 15 is 0 Å². The summed E-state index contributed by atoms with van der Waals surface area (Å²) in [5.41, 5.74) is 2.57. The summed E-state index contributed by atoms with van der Waals surface area (Å²) in [5, 5.41) is 9.46. The van der Waals surface area contributed by atoms with E-state index < -0.39 is 0 Å². The van der Waals surface area contributed by atoms with Gasteiger partial charge in [-0.05, 0) is 36.5 Å². The molecule has 1 fully saturated rings. The Balaban J connectivity index is 2.27. The van der Waals surface area contributed by atoms with Crippen LogP contribution in [0.3, 0.4) is 0 Å². The van der Waals surface area contributed by atoms with Crippen LogP contribution in [0.2, 0.25) is 0 Å². The maximum Gasteiger partial charge on any atom is 0.0702 e. The molecule has 1 heterocycles. The van der Waals surface area contributed by atoms with Crippen molar-refractivity contribution in [1.29, 1.82) is 0 Å². The molecule has 2 rings (SSSR count). The molecule has 0 spiro atoms. The summed E-state index contributed by atoms with van der Waals surface area (Å²) in [6.45, 7) is 6.90. The van der Waals surface area contributed by atoms with Gasteiger partial charge in [-0.3, -0.25) is 0 Å². The van der Waals surface area contributed by atoms with Gasteiger partial charge in [0.1, 0.15) is 0 Å². The van der Waals surface area contributed by atoms with Crippen LogP contribution in [0.1, 0.15) is 32.3 Å². The predicted molar refractivity (Wildman–Crippen MR) is 75.3 cm³/mol. The van der Waals surface area contributed by atoms with E-state index in [1.807, 2.05) is 6.07 Å². The third kappa shape index (κ3) is 3.02. The highest BCUT2D eigenvalue weighted by molar-refractivity contribution is 9.10. The van der Waals surface area contributed by atoms with E-state index in [4.69, 9.17) is 0 Å². The van der Waals surface area contributed by atoms with Gasteiger partial charge in [-0.15, -0.1) is 0 Å². The predicted octanol–water partition coefficient (Wildman–Crippen LogP) is 3.57. The van der Waals surface area contributed by atoms with Crippen molar-refractivity contribution in [3.05, 3.63) is 28.2 Å². The number of rotatable bonds is 2. The number of aliphatic hydroxyl groups is 1. The van der Waals surface area contributed by atoms with E-state index in [1.165, 1.54) is 18.5 Å². The smallest absolute Gasteiger partial charge is 0.0702 e. The molecule has 0 unspecified atom stereocenters. The Morgan fingerprint density at radius 2 is 2.18 bits per heavy atom. The molecule has 3 heteroatoms. The van der Waals surface area contributed by atoms with Crippen molar-refractivity contribution < 1.29 is 5.11 Å². The quantitative estimate of drug-likeness (QED) is 0.902. The number of piperidine rings is 1. The van der Waals surface area contributed by atoms with Crippen LogP contribution in [-0.2, 0) is 6.61 Å². The van der Waals surface area contributed by atoms with Crippen LogP contribution >= 0.6 is 15.9 Å². The monoisotopic (exact) mass is 297 g/mol. The Labute approximate surface area is 112 Å². The molecule has 1 aromatic carbocycles. The van der Waals surface area contributed by atoms with Gasteiger partial charge < -0.3 is 10.0 Å². The Morgan fingerprint density at radius 3 is 2.82 bits per heavy atom. The highest BCUT2D eigenvalue weighted by Crippen LogP contribution is 2.33. The van der Waals surface area contributed by atoms with Crippen LogP contribution in [0, 0.1) is 5.41 Å². The number of benzene rings is 1. The van der Waals surface area contributed by atoms with Gasteiger partial charge in [-0.25, -0.2) is 0 Å². The van der Waals surface area contributed by atoms with E-state index in [1.54, 1.807) is 0 Å². The van der Waals surface area contributed by atoms with E-state index in [2.05, 4.69) is 46.8 Å². The van der Waals surface area contributed by atoms with Gasteiger partial charge in [0.15, 0.2) is 0 Å². The van der Waals surface area contributed by atoms with Crippen LogP contribution in [0.4, 0.5) is 5.69 Å². The molecule has 17 heavy (non-hydrogen) atoms. The zero-order valence-electron chi connectivity index (χ0n) is 10.5. The molecule has 1 aliphatic heterocycles. The number of halogens is 1. The van der Waals surface area contributed by atoms with Crippen LogP contribution < -0.4 is 4.90 Å². The first kappa shape index (κ1) is 12.9. The molecule has 0 atom stereocenters. The van der Waals surface area contributed by atoms with E-state index in [9.17, 15) is 5.11 Å². The highest BCUT2D eigenvalue weighted by atomic mass is 79.9. The lowest BCUT2D eigenvalue weighted by atomic mass is 9.84. The lowest BCUT2D eigenvalue weighted by molar-refractivity contribution is 0.276. The Morgan fingerprint density at radius 1 is 1.41 bits per heavy atom. The maximum atomic E-state index is 9.46. The first-order valence-electron chi connectivity index (χ1n) is 6.16. The average Bonchev–Trinajstić information content (AvgIpc) is 2.27. The van der Waals surface area contributed by atoms with Crippen molar-refractivity contribution in [2.75, 3.05) is 18.0 Å². The Bertz CT molecular complexity index is 403. The first-order chi connectivity index (χ1) is 8.02. The molecule has 0 radical (unpaired) electrons. The lowest BCUT2D eigenvalue weighted by Gasteiger charge is -2.40. The van der Waals surface area contributed by atoms with Crippen LogP contribution in [0.15, 0.2) is 22.7 Å². The fraction of sp³-hybridized carbons (Fsp3) is 0.571. The molecule has 2 nitrogen and oxygen atoms in total.